The van der Waals surface area contributed by atoms with Crippen LogP contribution in [0.25, 0.3) is 0 Å². The predicted molar refractivity (Wildman–Crippen MR) is 110 cm³/mol. The zero-order valence-corrected chi connectivity index (χ0v) is 17.8. The number of guanidine groups is 1. The third-order valence-electron chi connectivity index (χ3n) is 4.14. The number of nitrogens with one attached hydrogen (secondary N) is 2. The Hall–Kier alpha value is -0.980. The number of benzene rings is 1. The Labute approximate surface area is 158 Å². The van der Waals surface area contributed by atoms with Crippen molar-refractivity contribution in [3.8, 4) is 5.75 Å². The lowest BCUT2D eigenvalue weighted by Crippen LogP contribution is -2.47. The summed E-state index contributed by atoms with van der Waals surface area (Å²) >= 11 is 0. The molecule has 132 valence electrons. The lowest BCUT2D eigenvalue weighted by molar-refractivity contribution is 0.411. The largest absolute Gasteiger partial charge is 0.497 e. The van der Waals surface area contributed by atoms with Crippen molar-refractivity contribution >= 4 is 29.9 Å². The van der Waals surface area contributed by atoms with Crippen molar-refractivity contribution < 1.29 is 4.74 Å². The van der Waals surface area contributed by atoms with E-state index < -0.39 is 0 Å². The summed E-state index contributed by atoms with van der Waals surface area (Å²) in [6.07, 6.45) is 0. The van der Waals surface area contributed by atoms with Gasteiger partial charge in [0.1, 0.15) is 5.75 Å². The van der Waals surface area contributed by atoms with Crippen LogP contribution in [-0.2, 0) is 5.41 Å². The van der Waals surface area contributed by atoms with E-state index in [2.05, 4.69) is 62.4 Å². The Bertz CT molecular complexity index is 501. The number of rotatable bonds is 6. The highest BCUT2D eigenvalue weighted by Crippen LogP contribution is 2.25. The monoisotopic (exact) mass is 433 g/mol. The minimum Gasteiger partial charge on any atom is -0.497 e. The van der Waals surface area contributed by atoms with E-state index in [-0.39, 0.29) is 29.4 Å². The molecule has 0 amide bonds. The summed E-state index contributed by atoms with van der Waals surface area (Å²) in [6.45, 7) is 11.8. The van der Waals surface area contributed by atoms with Crippen LogP contribution in [-0.4, -0.2) is 32.7 Å². The molecule has 2 N–H and O–H groups in total. The Morgan fingerprint density at radius 3 is 2.43 bits per heavy atom. The standard InChI is InChI=1S/C18H31N3O.HI/c1-13(2)14(3)21-17(19-6)20-12-18(4,5)15-9-8-10-16(11-15)22-7;/h8-11,13-14H,12H2,1-7H3,(H2,19,20,21);1H. The highest BCUT2D eigenvalue weighted by molar-refractivity contribution is 14.0. The fourth-order valence-electron chi connectivity index (χ4n) is 2.03. The molecule has 4 nitrogen and oxygen atoms in total. The summed E-state index contributed by atoms with van der Waals surface area (Å²) in [5, 5.41) is 6.86. The molecule has 0 aromatic heterocycles. The van der Waals surface area contributed by atoms with Crippen molar-refractivity contribution in [2.75, 3.05) is 20.7 Å². The topological polar surface area (TPSA) is 45.7 Å². The van der Waals surface area contributed by atoms with Gasteiger partial charge < -0.3 is 15.4 Å². The van der Waals surface area contributed by atoms with E-state index in [0.29, 0.717) is 12.0 Å². The molecule has 0 spiro atoms. The molecule has 0 aliphatic rings. The van der Waals surface area contributed by atoms with Crippen LogP contribution in [0.5, 0.6) is 5.75 Å². The first-order chi connectivity index (χ1) is 10.3. The van der Waals surface area contributed by atoms with Gasteiger partial charge in [0.05, 0.1) is 7.11 Å². The third-order valence-corrected chi connectivity index (χ3v) is 4.14. The molecule has 1 unspecified atom stereocenters. The van der Waals surface area contributed by atoms with Gasteiger partial charge in [-0.15, -0.1) is 24.0 Å². The Morgan fingerprint density at radius 2 is 1.91 bits per heavy atom. The van der Waals surface area contributed by atoms with Crippen molar-refractivity contribution in [2.45, 2.75) is 46.1 Å². The molecule has 1 atom stereocenters. The maximum absolute atomic E-state index is 5.32. The highest BCUT2D eigenvalue weighted by Gasteiger charge is 2.22. The number of aliphatic imine (C=N–C) groups is 1. The number of nitrogens with zero attached hydrogens (tertiary/aromatic N) is 1. The third kappa shape index (κ3) is 6.97. The van der Waals surface area contributed by atoms with Crippen LogP contribution in [0.4, 0.5) is 0 Å². The fraction of sp³-hybridized carbons (Fsp3) is 0.611. The lowest BCUT2D eigenvalue weighted by atomic mass is 9.84. The average Bonchev–Trinajstić information content (AvgIpc) is 2.51. The highest BCUT2D eigenvalue weighted by atomic mass is 127. The molecule has 0 aliphatic carbocycles. The maximum Gasteiger partial charge on any atom is 0.191 e. The molecule has 0 bridgehead atoms. The number of hydrogen-bond acceptors (Lipinski definition) is 2. The minimum atomic E-state index is -0.0206. The quantitative estimate of drug-likeness (QED) is 0.408. The average molecular weight is 433 g/mol. The zero-order valence-electron chi connectivity index (χ0n) is 15.4. The van der Waals surface area contributed by atoms with Crippen molar-refractivity contribution in [1.82, 2.24) is 10.6 Å². The molecule has 23 heavy (non-hydrogen) atoms. The SMILES string of the molecule is CN=C(NCC(C)(C)c1cccc(OC)c1)NC(C)C(C)C.I. The second-order valence-electron chi connectivity index (χ2n) is 6.72. The fourth-order valence-corrected chi connectivity index (χ4v) is 2.03. The van der Waals surface area contributed by atoms with E-state index in [1.165, 1.54) is 5.56 Å². The van der Waals surface area contributed by atoms with Crippen LogP contribution in [0.2, 0.25) is 0 Å². The number of hydrogen-bond donors (Lipinski definition) is 2. The van der Waals surface area contributed by atoms with Crippen molar-refractivity contribution in [1.29, 1.82) is 0 Å². The van der Waals surface area contributed by atoms with E-state index in [9.17, 15) is 0 Å². The second kappa shape index (κ2) is 10.0. The summed E-state index contributed by atoms with van der Waals surface area (Å²) in [7, 11) is 3.50. The number of methoxy groups -OCH3 is 1. The molecule has 0 aliphatic heterocycles. The van der Waals surface area contributed by atoms with E-state index in [4.69, 9.17) is 4.74 Å². The van der Waals surface area contributed by atoms with Crippen LogP contribution >= 0.6 is 24.0 Å². The molecule has 1 aromatic carbocycles. The first-order valence-electron chi connectivity index (χ1n) is 7.92. The smallest absolute Gasteiger partial charge is 0.191 e. The van der Waals surface area contributed by atoms with E-state index >= 15 is 0 Å². The summed E-state index contributed by atoms with van der Waals surface area (Å²) in [5.41, 5.74) is 1.22. The lowest BCUT2D eigenvalue weighted by Gasteiger charge is -2.28. The zero-order chi connectivity index (χ0) is 16.8. The maximum atomic E-state index is 5.32. The molecule has 0 heterocycles. The van der Waals surface area contributed by atoms with Gasteiger partial charge in [0.15, 0.2) is 5.96 Å². The molecule has 0 radical (unpaired) electrons. The molecule has 1 aromatic rings. The summed E-state index contributed by atoms with van der Waals surface area (Å²) in [4.78, 5) is 4.31. The van der Waals surface area contributed by atoms with E-state index in [1.54, 1.807) is 14.2 Å². The Balaban J connectivity index is 0.00000484. The molecule has 0 saturated heterocycles. The summed E-state index contributed by atoms with van der Waals surface area (Å²) in [5.74, 6) is 2.30. The molecule has 0 saturated carbocycles. The van der Waals surface area contributed by atoms with Crippen LogP contribution in [0.1, 0.15) is 40.2 Å². The van der Waals surface area contributed by atoms with Gasteiger partial charge in [-0.05, 0) is 30.5 Å². The second-order valence-corrected chi connectivity index (χ2v) is 6.72. The van der Waals surface area contributed by atoms with E-state index in [0.717, 1.165) is 18.3 Å². The van der Waals surface area contributed by atoms with Gasteiger partial charge >= 0.3 is 0 Å². The Kier molecular flexibility index (Phi) is 9.58. The van der Waals surface area contributed by atoms with Gasteiger partial charge in [0.25, 0.3) is 0 Å². The van der Waals surface area contributed by atoms with Crippen LogP contribution in [0, 0.1) is 5.92 Å². The van der Waals surface area contributed by atoms with Crippen molar-refractivity contribution in [2.24, 2.45) is 10.9 Å². The Morgan fingerprint density at radius 1 is 1.26 bits per heavy atom. The van der Waals surface area contributed by atoms with Gasteiger partial charge in [-0.2, -0.15) is 0 Å². The first kappa shape index (κ1) is 22.0. The molecule has 5 heteroatoms. The first-order valence-corrected chi connectivity index (χ1v) is 7.92. The number of ether oxygens (including phenoxy) is 1. The molecule has 0 fully saturated rings. The van der Waals surface area contributed by atoms with Gasteiger partial charge in [-0.3, -0.25) is 4.99 Å². The van der Waals surface area contributed by atoms with Crippen molar-refractivity contribution in [3.05, 3.63) is 29.8 Å². The molecular formula is C18H32IN3O. The van der Waals surface area contributed by atoms with Gasteiger partial charge in [-0.1, -0.05) is 39.8 Å². The van der Waals surface area contributed by atoms with Gasteiger partial charge in [-0.25, -0.2) is 0 Å². The normalized spacial score (nSPS) is 13.3. The van der Waals surface area contributed by atoms with Crippen LogP contribution in [0.3, 0.4) is 0 Å². The summed E-state index contributed by atoms with van der Waals surface area (Å²) in [6, 6.07) is 8.61. The van der Waals surface area contributed by atoms with Crippen LogP contribution < -0.4 is 15.4 Å². The van der Waals surface area contributed by atoms with Gasteiger partial charge in [0.2, 0.25) is 0 Å². The predicted octanol–water partition coefficient (Wildman–Crippen LogP) is 3.80. The van der Waals surface area contributed by atoms with Crippen molar-refractivity contribution in [3.63, 3.8) is 0 Å². The summed E-state index contributed by atoms with van der Waals surface area (Å²) < 4.78 is 5.32. The number of halogens is 1. The molecular weight excluding hydrogens is 401 g/mol. The molecule has 1 rings (SSSR count). The van der Waals surface area contributed by atoms with Crippen LogP contribution in [0.15, 0.2) is 29.3 Å². The van der Waals surface area contributed by atoms with E-state index in [1.807, 2.05) is 12.1 Å². The minimum absolute atomic E-state index is 0. The van der Waals surface area contributed by atoms with Gasteiger partial charge in [0, 0.05) is 25.0 Å².